The van der Waals surface area contributed by atoms with E-state index in [-0.39, 0.29) is 32.7 Å². The van der Waals surface area contributed by atoms with Gasteiger partial charge in [-0.25, -0.2) is 0 Å². The molecule has 0 aliphatic carbocycles. The Bertz CT molecular complexity index is 430. The maximum Gasteiger partial charge on any atom is 0.317 e. The first-order valence-corrected chi connectivity index (χ1v) is 8.02. The molecule has 1 rings (SSSR count). The van der Waals surface area contributed by atoms with Gasteiger partial charge in [-0.3, -0.25) is 29.1 Å². The van der Waals surface area contributed by atoms with Crippen molar-refractivity contribution >= 4 is 17.9 Å². The first-order valence-electron chi connectivity index (χ1n) is 8.02. The van der Waals surface area contributed by atoms with Crippen LogP contribution in [0.3, 0.4) is 0 Å². The molecule has 0 spiro atoms. The second-order valence-corrected chi connectivity index (χ2v) is 5.96. The summed E-state index contributed by atoms with van der Waals surface area (Å²) in [6.45, 7) is 1.82. The maximum absolute atomic E-state index is 11.0. The fraction of sp³-hybridized carbons (Fsp3) is 0.786. The highest BCUT2D eigenvalue weighted by Crippen LogP contribution is 2.00. The van der Waals surface area contributed by atoms with E-state index in [1.165, 1.54) is 0 Å². The molecule has 0 atom stereocenters. The smallest absolute Gasteiger partial charge is 0.317 e. The van der Waals surface area contributed by atoms with Gasteiger partial charge < -0.3 is 20.5 Å². The van der Waals surface area contributed by atoms with Crippen LogP contribution in [0.15, 0.2) is 0 Å². The third-order valence-corrected chi connectivity index (χ3v) is 3.89. The number of hydrogen-bond acceptors (Lipinski definition) is 8. The van der Waals surface area contributed by atoms with Crippen molar-refractivity contribution in [3.63, 3.8) is 0 Å². The lowest BCUT2D eigenvalue weighted by molar-refractivity contribution is -0.142. The van der Waals surface area contributed by atoms with Gasteiger partial charge >= 0.3 is 17.9 Å². The summed E-state index contributed by atoms with van der Waals surface area (Å²) in [7, 11) is 0. The molecule has 0 bridgehead atoms. The van der Waals surface area contributed by atoms with E-state index < -0.39 is 17.9 Å². The zero-order valence-corrected chi connectivity index (χ0v) is 14.1. The van der Waals surface area contributed by atoms with Gasteiger partial charge in [-0.05, 0) is 0 Å². The SMILES string of the molecule is O=C(O)CN1CCN(O)CCN(CC(=O)O)CCN(CC(=O)O)CC1. The molecule has 0 saturated carbocycles. The molecule has 4 N–H and O–H groups in total. The molecule has 1 heterocycles. The minimum Gasteiger partial charge on any atom is -0.480 e. The Morgan fingerprint density at radius 1 is 0.560 bits per heavy atom. The van der Waals surface area contributed by atoms with Crippen molar-refractivity contribution in [2.45, 2.75) is 0 Å². The van der Waals surface area contributed by atoms with E-state index in [2.05, 4.69) is 0 Å². The molecule has 0 aromatic rings. The Labute approximate surface area is 145 Å². The molecule has 25 heavy (non-hydrogen) atoms. The number of carboxylic acids is 3. The lowest BCUT2D eigenvalue weighted by atomic mass is 10.3. The molecule has 11 nitrogen and oxygen atoms in total. The third-order valence-electron chi connectivity index (χ3n) is 3.89. The number of hydroxylamine groups is 2. The molecule has 0 aromatic heterocycles. The van der Waals surface area contributed by atoms with Crippen LogP contribution >= 0.6 is 0 Å². The van der Waals surface area contributed by atoms with E-state index in [4.69, 9.17) is 15.3 Å². The highest BCUT2D eigenvalue weighted by atomic mass is 16.5. The van der Waals surface area contributed by atoms with E-state index in [9.17, 15) is 19.6 Å². The minimum absolute atomic E-state index is 0.195. The van der Waals surface area contributed by atoms with Crippen LogP contribution in [0.1, 0.15) is 0 Å². The second kappa shape index (κ2) is 10.9. The Morgan fingerprint density at radius 3 is 1.04 bits per heavy atom. The van der Waals surface area contributed by atoms with Crippen molar-refractivity contribution in [1.82, 2.24) is 19.8 Å². The zero-order chi connectivity index (χ0) is 18.8. The van der Waals surface area contributed by atoms with Gasteiger partial charge in [-0.2, -0.15) is 5.06 Å². The van der Waals surface area contributed by atoms with Gasteiger partial charge in [0.05, 0.1) is 19.6 Å². The molecule has 0 aromatic carbocycles. The monoisotopic (exact) mass is 362 g/mol. The molecule has 1 fully saturated rings. The van der Waals surface area contributed by atoms with Crippen LogP contribution < -0.4 is 0 Å². The highest BCUT2D eigenvalue weighted by Gasteiger charge is 2.19. The largest absolute Gasteiger partial charge is 0.480 e. The second-order valence-electron chi connectivity index (χ2n) is 5.96. The van der Waals surface area contributed by atoms with E-state index >= 15 is 0 Å². The van der Waals surface area contributed by atoms with Crippen molar-refractivity contribution in [2.75, 3.05) is 72.0 Å². The lowest BCUT2D eigenvalue weighted by Crippen LogP contribution is -2.47. The van der Waals surface area contributed by atoms with Crippen LogP contribution in [0.2, 0.25) is 0 Å². The molecular weight excluding hydrogens is 336 g/mol. The summed E-state index contributed by atoms with van der Waals surface area (Å²) in [6.07, 6.45) is 0. The van der Waals surface area contributed by atoms with Gasteiger partial charge in [0.15, 0.2) is 0 Å². The summed E-state index contributed by atoms with van der Waals surface area (Å²) in [5, 5.41) is 37.8. The van der Waals surface area contributed by atoms with Crippen LogP contribution in [0.4, 0.5) is 0 Å². The number of carboxylic acid groups (broad SMARTS) is 3. The number of nitrogens with zero attached hydrogens (tertiary/aromatic N) is 4. The summed E-state index contributed by atoms with van der Waals surface area (Å²) in [6, 6.07) is 0. The number of aliphatic carboxylic acids is 3. The molecule has 1 aliphatic rings. The van der Waals surface area contributed by atoms with Gasteiger partial charge in [-0.15, -0.1) is 0 Å². The van der Waals surface area contributed by atoms with Crippen molar-refractivity contribution in [2.24, 2.45) is 0 Å². The fourth-order valence-electron chi connectivity index (χ4n) is 2.57. The van der Waals surface area contributed by atoms with Gasteiger partial charge in [-0.1, -0.05) is 0 Å². The minimum atomic E-state index is -0.997. The summed E-state index contributed by atoms with van der Waals surface area (Å²) < 4.78 is 0. The predicted octanol–water partition coefficient (Wildman–Crippen LogP) is -2.15. The van der Waals surface area contributed by atoms with Crippen LogP contribution in [0.5, 0.6) is 0 Å². The Kier molecular flexibility index (Phi) is 9.31. The topological polar surface area (TPSA) is 145 Å². The van der Waals surface area contributed by atoms with Gasteiger partial charge in [0.25, 0.3) is 0 Å². The van der Waals surface area contributed by atoms with E-state index in [0.29, 0.717) is 39.3 Å². The van der Waals surface area contributed by atoms with Crippen LogP contribution in [0.25, 0.3) is 0 Å². The summed E-state index contributed by atoms with van der Waals surface area (Å²) >= 11 is 0. The van der Waals surface area contributed by atoms with E-state index in [0.717, 1.165) is 5.06 Å². The van der Waals surface area contributed by atoms with E-state index in [1.807, 2.05) is 0 Å². The maximum atomic E-state index is 11.0. The summed E-state index contributed by atoms with van der Waals surface area (Å²) in [4.78, 5) is 37.8. The highest BCUT2D eigenvalue weighted by molar-refractivity contribution is 5.69. The van der Waals surface area contributed by atoms with Crippen LogP contribution in [-0.4, -0.2) is 130 Å². The van der Waals surface area contributed by atoms with Crippen molar-refractivity contribution in [1.29, 1.82) is 0 Å². The average Bonchev–Trinajstić information content (AvgIpc) is 2.49. The molecule has 1 saturated heterocycles. The molecule has 0 radical (unpaired) electrons. The van der Waals surface area contributed by atoms with Gasteiger partial charge in [0.1, 0.15) is 0 Å². The molecule has 1 aliphatic heterocycles. The average molecular weight is 362 g/mol. The predicted molar refractivity (Wildman–Crippen MR) is 85.6 cm³/mol. The first kappa shape index (κ1) is 21.3. The molecule has 11 heteroatoms. The molecular formula is C14H26N4O7. The summed E-state index contributed by atoms with van der Waals surface area (Å²) in [5.41, 5.74) is 0. The third kappa shape index (κ3) is 9.94. The van der Waals surface area contributed by atoms with E-state index in [1.54, 1.807) is 14.7 Å². The Morgan fingerprint density at radius 2 is 0.800 bits per heavy atom. The fourth-order valence-corrected chi connectivity index (χ4v) is 2.57. The van der Waals surface area contributed by atoms with Gasteiger partial charge in [0.2, 0.25) is 0 Å². The molecule has 0 unspecified atom stereocenters. The Balaban J connectivity index is 2.76. The van der Waals surface area contributed by atoms with Crippen molar-refractivity contribution in [3.8, 4) is 0 Å². The number of rotatable bonds is 6. The number of hydrogen-bond donors (Lipinski definition) is 4. The van der Waals surface area contributed by atoms with Crippen LogP contribution in [-0.2, 0) is 14.4 Å². The quantitative estimate of drug-likeness (QED) is 0.410. The first-order chi connectivity index (χ1) is 11.8. The standard InChI is InChI=1S/C14H26N4O7/c19-12(20)9-15-1-3-16(10-13(21)22)5-7-18(25)8-6-17(4-2-15)11-14(23)24/h25H,1-11H2,(H,19,20)(H,21,22)(H,23,24). The normalized spacial score (nSPS) is 20.5. The molecule has 0 amide bonds. The van der Waals surface area contributed by atoms with Gasteiger partial charge in [0, 0.05) is 52.4 Å². The number of carbonyl (C=O) groups is 3. The van der Waals surface area contributed by atoms with Crippen molar-refractivity contribution in [3.05, 3.63) is 0 Å². The lowest BCUT2D eigenvalue weighted by Gasteiger charge is -2.31. The summed E-state index contributed by atoms with van der Waals surface area (Å²) in [5.74, 6) is -2.98. The molecule has 144 valence electrons. The zero-order valence-electron chi connectivity index (χ0n) is 14.1. The van der Waals surface area contributed by atoms with Crippen molar-refractivity contribution < 1.29 is 34.9 Å². The Hall–Kier alpha value is -1.79. The van der Waals surface area contributed by atoms with Crippen LogP contribution in [0, 0.1) is 0 Å².